The van der Waals surface area contributed by atoms with Gasteiger partial charge in [-0.05, 0) is 28.1 Å². The number of fused-ring (bicyclic) bond motifs is 1. The van der Waals surface area contributed by atoms with E-state index in [1.165, 1.54) is 11.2 Å². The number of ether oxygens (including phenoxy) is 1. The average molecular weight is 388 g/mol. The van der Waals surface area contributed by atoms with Gasteiger partial charge in [-0.2, -0.15) is 4.98 Å². The third-order valence-electron chi connectivity index (χ3n) is 3.03. The fraction of sp³-hybridized carbons (Fsp3) is 0.308. The van der Waals surface area contributed by atoms with Crippen LogP contribution in [0.15, 0.2) is 22.2 Å². The van der Waals surface area contributed by atoms with Crippen LogP contribution >= 0.6 is 38.9 Å². The summed E-state index contributed by atoms with van der Waals surface area (Å²) in [4.78, 5) is 14.3. The highest BCUT2D eigenvalue weighted by Gasteiger charge is 2.16. The van der Waals surface area contributed by atoms with Crippen molar-refractivity contribution >= 4 is 50.0 Å². The molecule has 8 heteroatoms. The molecular formula is C13H12BrClN4OS. The van der Waals surface area contributed by atoms with Crippen LogP contribution in [0.5, 0.6) is 5.88 Å². The number of rotatable bonds is 5. The Kier molecular flexibility index (Phi) is 4.42. The van der Waals surface area contributed by atoms with Gasteiger partial charge in [0.05, 0.1) is 17.4 Å². The minimum absolute atomic E-state index is 0.488. The number of halogens is 2. The Balaban J connectivity index is 2.11. The van der Waals surface area contributed by atoms with Crippen molar-refractivity contribution in [1.29, 1.82) is 0 Å². The average Bonchev–Trinajstić information content (AvgIpc) is 3.04. The quantitative estimate of drug-likeness (QED) is 0.629. The first-order chi connectivity index (χ1) is 10.2. The molecule has 3 rings (SSSR count). The van der Waals surface area contributed by atoms with Crippen LogP contribution in [-0.2, 0) is 13.0 Å². The lowest BCUT2D eigenvalue weighted by atomic mass is 10.4. The number of hydrogen-bond donors (Lipinski definition) is 0. The standard InChI is InChI=1S/C13H12BrClN4OS/c1-20-13-11-12(16-7-17-13)19(10(18-11)4-5-15)6-8-2-3-9(14)21-8/h2-3,7H,4-6H2,1H3. The smallest absolute Gasteiger partial charge is 0.245 e. The number of alkyl halides is 1. The van der Waals surface area contributed by atoms with E-state index in [-0.39, 0.29) is 0 Å². The molecule has 0 saturated heterocycles. The number of nitrogens with zero attached hydrogens (tertiary/aromatic N) is 4. The second-order valence-electron chi connectivity index (χ2n) is 4.31. The molecule has 0 saturated carbocycles. The lowest BCUT2D eigenvalue weighted by Crippen LogP contribution is -2.05. The molecule has 3 heterocycles. The normalized spacial score (nSPS) is 11.2. The third-order valence-corrected chi connectivity index (χ3v) is 4.83. The van der Waals surface area contributed by atoms with Crippen LogP contribution < -0.4 is 4.74 Å². The van der Waals surface area contributed by atoms with E-state index in [0.717, 1.165) is 15.3 Å². The Morgan fingerprint density at radius 3 is 2.90 bits per heavy atom. The summed E-state index contributed by atoms with van der Waals surface area (Å²) in [6.45, 7) is 0.707. The molecule has 0 aliphatic carbocycles. The van der Waals surface area contributed by atoms with E-state index in [4.69, 9.17) is 16.3 Å². The van der Waals surface area contributed by atoms with Crippen LogP contribution in [0.1, 0.15) is 10.7 Å². The van der Waals surface area contributed by atoms with E-state index in [1.54, 1.807) is 18.4 Å². The van der Waals surface area contributed by atoms with Crippen molar-refractivity contribution in [2.24, 2.45) is 0 Å². The first-order valence-electron chi connectivity index (χ1n) is 6.27. The summed E-state index contributed by atoms with van der Waals surface area (Å²) in [5.74, 6) is 1.89. The largest absolute Gasteiger partial charge is 0.479 e. The van der Waals surface area contributed by atoms with Gasteiger partial charge < -0.3 is 9.30 Å². The zero-order valence-electron chi connectivity index (χ0n) is 11.2. The van der Waals surface area contributed by atoms with Gasteiger partial charge in [0.2, 0.25) is 5.88 Å². The molecule has 0 aliphatic rings. The summed E-state index contributed by atoms with van der Waals surface area (Å²) in [6, 6.07) is 4.12. The highest BCUT2D eigenvalue weighted by Crippen LogP contribution is 2.27. The Morgan fingerprint density at radius 2 is 2.24 bits per heavy atom. The first-order valence-corrected chi connectivity index (χ1v) is 8.41. The molecule has 0 unspecified atom stereocenters. The molecule has 0 bridgehead atoms. The van der Waals surface area contributed by atoms with E-state index >= 15 is 0 Å². The first kappa shape index (κ1) is 14.7. The Bertz CT molecular complexity index is 773. The summed E-state index contributed by atoms with van der Waals surface area (Å²) in [5.41, 5.74) is 1.45. The molecular weight excluding hydrogens is 376 g/mol. The molecule has 0 radical (unpaired) electrons. The van der Waals surface area contributed by atoms with E-state index in [1.807, 2.05) is 6.07 Å². The summed E-state index contributed by atoms with van der Waals surface area (Å²) < 4.78 is 8.44. The molecule has 0 spiro atoms. The number of thiophene rings is 1. The van der Waals surface area contributed by atoms with Crippen molar-refractivity contribution in [2.45, 2.75) is 13.0 Å². The van der Waals surface area contributed by atoms with Gasteiger partial charge in [0, 0.05) is 17.2 Å². The van der Waals surface area contributed by atoms with Gasteiger partial charge in [0.1, 0.15) is 12.2 Å². The summed E-state index contributed by atoms with van der Waals surface area (Å²) in [5, 5.41) is 0. The van der Waals surface area contributed by atoms with Crippen molar-refractivity contribution in [3.63, 3.8) is 0 Å². The van der Waals surface area contributed by atoms with Crippen LogP contribution in [0.3, 0.4) is 0 Å². The fourth-order valence-corrected chi connectivity index (χ4v) is 3.79. The van der Waals surface area contributed by atoms with Gasteiger partial charge in [-0.15, -0.1) is 22.9 Å². The van der Waals surface area contributed by atoms with Gasteiger partial charge in [0.15, 0.2) is 11.2 Å². The maximum Gasteiger partial charge on any atom is 0.245 e. The Hall–Kier alpha value is -1.18. The van der Waals surface area contributed by atoms with Crippen molar-refractivity contribution in [2.75, 3.05) is 13.0 Å². The van der Waals surface area contributed by atoms with E-state index in [2.05, 4.69) is 41.5 Å². The van der Waals surface area contributed by atoms with E-state index in [0.29, 0.717) is 30.2 Å². The molecule has 0 aliphatic heterocycles. The summed E-state index contributed by atoms with van der Waals surface area (Å²) >= 11 is 11.1. The molecule has 0 N–H and O–H groups in total. The van der Waals surface area contributed by atoms with Gasteiger partial charge in [-0.25, -0.2) is 9.97 Å². The SMILES string of the molecule is COc1ncnc2c1nc(CCCl)n2Cc1ccc(Br)s1. The minimum Gasteiger partial charge on any atom is -0.479 e. The summed E-state index contributed by atoms with van der Waals surface area (Å²) in [6.07, 6.45) is 2.17. The highest BCUT2D eigenvalue weighted by atomic mass is 79.9. The molecule has 110 valence electrons. The Morgan fingerprint density at radius 1 is 1.38 bits per heavy atom. The third kappa shape index (κ3) is 2.90. The van der Waals surface area contributed by atoms with Gasteiger partial charge in [0.25, 0.3) is 0 Å². The Labute approximate surface area is 139 Å². The topological polar surface area (TPSA) is 52.8 Å². The number of imidazole rings is 1. The number of hydrogen-bond acceptors (Lipinski definition) is 5. The monoisotopic (exact) mass is 386 g/mol. The van der Waals surface area contributed by atoms with Crippen molar-refractivity contribution in [3.05, 3.63) is 32.9 Å². The molecule has 3 aromatic rings. The van der Waals surface area contributed by atoms with Gasteiger partial charge >= 0.3 is 0 Å². The summed E-state index contributed by atoms with van der Waals surface area (Å²) in [7, 11) is 1.58. The number of methoxy groups -OCH3 is 1. The maximum absolute atomic E-state index is 5.89. The molecule has 0 fully saturated rings. The van der Waals surface area contributed by atoms with E-state index < -0.39 is 0 Å². The van der Waals surface area contributed by atoms with Crippen LogP contribution in [0.25, 0.3) is 11.2 Å². The van der Waals surface area contributed by atoms with Crippen LogP contribution in [0.4, 0.5) is 0 Å². The van der Waals surface area contributed by atoms with Gasteiger partial charge in [-0.3, -0.25) is 0 Å². The molecule has 0 amide bonds. The predicted octanol–water partition coefficient (Wildman–Crippen LogP) is 3.49. The number of aromatic nitrogens is 4. The zero-order valence-corrected chi connectivity index (χ0v) is 14.4. The number of aryl methyl sites for hydroxylation is 1. The minimum atomic E-state index is 0.488. The maximum atomic E-state index is 5.89. The second kappa shape index (κ2) is 6.29. The molecule has 21 heavy (non-hydrogen) atoms. The zero-order chi connectivity index (χ0) is 14.8. The molecule has 5 nitrogen and oxygen atoms in total. The van der Waals surface area contributed by atoms with E-state index in [9.17, 15) is 0 Å². The van der Waals surface area contributed by atoms with Crippen LogP contribution in [0, 0.1) is 0 Å². The van der Waals surface area contributed by atoms with Crippen molar-refractivity contribution < 1.29 is 4.74 Å². The lowest BCUT2D eigenvalue weighted by Gasteiger charge is -2.06. The predicted molar refractivity (Wildman–Crippen MR) is 87.4 cm³/mol. The van der Waals surface area contributed by atoms with Crippen molar-refractivity contribution in [3.8, 4) is 5.88 Å². The van der Waals surface area contributed by atoms with Crippen LogP contribution in [-0.4, -0.2) is 32.5 Å². The molecule has 3 aromatic heterocycles. The molecule has 0 aromatic carbocycles. The molecule has 0 atom stereocenters. The van der Waals surface area contributed by atoms with Gasteiger partial charge in [-0.1, -0.05) is 0 Å². The second-order valence-corrected chi connectivity index (χ2v) is 7.24. The fourth-order valence-electron chi connectivity index (χ4n) is 2.14. The van der Waals surface area contributed by atoms with Crippen LogP contribution in [0.2, 0.25) is 0 Å². The lowest BCUT2D eigenvalue weighted by molar-refractivity contribution is 0.401. The highest BCUT2D eigenvalue weighted by molar-refractivity contribution is 9.11. The van der Waals surface area contributed by atoms with Crippen molar-refractivity contribution in [1.82, 2.24) is 19.5 Å².